The topological polar surface area (TPSA) is 37.3 Å². The number of hydrogen-bond donors (Lipinski definition) is 1. The smallest absolute Gasteiger partial charge is 0.146 e. The Morgan fingerprint density at radius 2 is 1.87 bits per heavy atom. The largest absolute Gasteiger partial charge is 0.261 e. The molecule has 0 aliphatic rings. The molecule has 3 heteroatoms. The summed E-state index contributed by atoms with van der Waals surface area (Å²) < 4.78 is 0. The number of anilines is 1. The van der Waals surface area contributed by atoms with Crippen LogP contribution < -0.4 is 5.43 Å². The summed E-state index contributed by atoms with van der Waals surface area (Å²) in [5.41, 5.74) is 5.42. The number of unbranched alkanes of at least 4 members (excludes halogenated alkanes) is 3. The molecule has 0 saturated heterocycles. The maximum atomic E-state index is 4.33. The summed E-state index contributed by atoms with van der Waals surface area (Å²) in [7, 11) is 0. The summed E-state index contributed by atoms with van der Waals surface area (Å²) in [6, 6.07) is 16.1. The summed E-state index contributed by atoms with van der Waals surface area (Å²) in [6.45, 7) is 2.24. The first-order valence-electron chi connectivity index (χ1n) is 8.34. The van der Waals surface area contributed by atoms with E-state index in [1.54, 1.807) is 6.20 Å². The van der Waals surface area contributed by atoms with Crippen molar-refractivity contribution in [1.29, 1.82) is 0 Å². The fourth-order valence-corrected chi connectivity index (χ4v) is 2.30. The third-order valence-corrected chi connectivity index (χ3v) is 3.55. The molecule has 2 rings (SSSR count). The minimum absolute atomic E-state index is 0.758. The van der Waals surface area contributed by atoms with E-state index in [9.17, 15) is 0 Å². The highest BCUT2D eigenvalue weighted by molar-refractivity contribution is 5.85. The summed E-state index contributed by atoms with van der Waals surface area (Å²) in [5.74, 6) is 0.758. The number of nitrogens with zero attached hydrogens (tertiary/aromatic N) is 2. The van der Waals surface area contributed by atoms with Crippen molar-refractivity contribution in [2.24, 2.45) is 5.10 Å². The molecule has 1 heterocycles. The van der Waals surface area contributed by atoms with Gasteiger partial charge in [-0.3, -0.25) is 5.43 Å². The molecule has 0 atom stereocenters. The minimum Gasteiger partial charge on any atom is -0.261 e. The molecule has 0 bridgehead atoms. The van der Waals surface area contributed by atoms with Crippen LogP contribution in [0.25, 0.3) is 6.08 Å². The summed E-state index contributed by atoms with van der Waals surface area (Å²) in [4.78, 5) is 4.20. The Labute approximate surface area is 139 Å². The first-order valence-corrected chi connectivity index (χ1v) is 8.34. The van der Waals surface area contributed by atoms with Crippen LogP contribution in [0.1, 0.15) is 44.6 Å². The molecule has 1 N–H and O–H groups in total. The van der Waals surface area contributed by atoms with Gasteiger partial charge in [-0.05, 0) is 36.1 Å². The molecule has 0 amide bonds. The number of nitrogens with one attached hydrogen (secondary N) is 1. The fraction of sp³-hybridized carbons (Fsp3) is 0.300. The van der Waals surface area contributed by atoms with Gasteiger partial charge in [0, 0.05) is 6.20 Å². The van der Waals surface area contributed by atoms with Crippen molar-refractivity contribution >= 4 is 18.1 Å². The molecule has 0 radical (unpaired) electrons. The Morgan fingerprint density at radius 1 is 1.04 bits per heavy atom. The van der Waals surface area contributed by atoms with Gasteiger partial charge in [-0.25, -0.2) is 4.98 Å². The van der Waals surface area contributed by atoms with Crippen molar-refractivity contribution < 1.29 is 0 Å². The van der Waals surface area contributed by atoms with E-state index in [0.29, 0.717) is 0 Å². The van der Waals surface area contributed by atoms with Gasteiger partial charge in [-0.2, -0.15) is 5.10 Å². The maximum absolute atomic E-state index is 4.33. The quantitative estimate of drug-likeness (QED) is 0.375. The van der Waals surface area contributed by atoms with E-state index in [2.05, 4.69) is 52.8 Å². The normalized spacial score (nSPS) is 11.8. The monoisotopic (exact) mass is 307 g/mol. The number of benzene rings is 1. The fourth-order valence-electron chi connectivity index (χ4n) is 2.30. The third-order valence-electron chi connectivity index (χ3n) is 3.55. The van der Waals surface area contributed by atoms with Gasteiger partial charge >= 0.3 is 0 Å². The molecule has 0 fully saturated rings. The lowest BCUT2D eigenvalue weighted by Gasteiger charge is -2.04. The Morgan fingerprint density at radius 3 is 2.61 bits per heavy atom. The highest BCUT2D eigenvalue weighted by atomic mass is 15.3. The second kappa shape index (κ2) is 10.3. The van der Waals surface area contributed by atoms with E-state index in [-0.39, 0.29) is 0 Å². The number of hydrogen-bond acceptors (Lipinski definition) is 3. The Hall–Kier alpha value is -2.42. The standard InChI is InChI=1S/C20H25N3/c1-2-3-4-6-13-19(16-18-11-7-5-8-12-18)17-22-23-20-14-9-10-15-21-20/h5,7-12,14-17H,2-4,6,13H2,1H3,(H,21,23)/b19-16-,22-17+. The SMILES string of the molecule is CCCCCCC(=C/c1ccccc1)/C=N/Nc1ccccn1. The Bertz CT molecular complexity index is 603. The number of allylic oxidation sites excluding steroid dienone is 1. The van der Waals surface area contributed by atoms with Gasteiger partial charge in [0.1, 0.15) is 5.82 Å². The van der Waals surface area contributed by atoms with E-state index in [0.717, 1.165) is 12.2 Å². The number of rotatable bonds is 9. The zero-order chi connectivity index (χ0) is 16.2. The van der Waals surface area contributed by atoms with E-state index >= 15 is 0 Å². The highest BCUT2D eigenvalue weighted by Gasteiger charge is 1.97. The van der Waals surface area contributed by atoms with Crippen molar-refractivity contribution in [2.45, 2.75) is 39.0 Å². The Kier molecular flexibility index (Phi) is 7.61. The van der Waals surface area contributed by atoms with Crippen molar-refractivity contribution in [1.82, 2.24) is 4.98 Å². The third kappa shape index (κ3) is 6.92. The average Bonchev–Trinajstić information content (AvgIpc) is 2.60. The molecule has 120 valence electrons. The molecule has 0 unspecified atom stereocenters. The lowest BCUT2D eigenvalue weighted by Crippen LogP contribution is -1.94. The zero-order valence-electron chi connectivity index (χ0n) is 13.8. The zero-order valence-corrected chi connectivity index (χ0v) is 13.8. The molecule has 23 heavy (non-hydrogen) atoms. The van der Waals surface area contributed by atoms with Crippen LogP contribution in [0.15, 0.2) is 65.4 Å². The summed E-state index contributed by atoms with van der Waals surface area (Å²) in [6.07, 6.45) is 11.9. The molecule has 0 aliphatic heterocycles. The van der Waals surface area contributed by atoms with E-state index in [1.807, 2.05) is 30.5 Å². The molecule has 1 aromatic heterocycles. The second-order valence-electron chi connectivity index (χ2n) is 5.53. The van der Waals surface area contributed by atoms with Gasteiger partial charge in [0.15, 0.2) is 0 Å². The van der Waals surface area contributed by atoms with E-state index in [4.69, 9.17) is 0 Å². The number of aromatic nitrogens is 1. The van der Waals surface area contributed by atoms with Crippen molar-refractivity contribution in [2.75, 3.05) is 5.43 Å². The van der Waals surface area contributed by atoms with Crippen LogP contribution in [0.2, 0.25) is 0 Å². The molecule has 0 saturated carbocycles. The van der Waals surface area contributed by atoms with Gasteiger partial charge in [-0.1, -0.05) is 68.7 Å². The summed E-state index contributed by atoms with van der Waals surface area (Å²) in [5, 5.41) is 4.33. The van der Waals surface area contributed by atoms with Gasteiger partial charge in [0.25, 0.3) is 0 Å². The van der Waals surface area contributed by atoms with Crippen molar-refractivity contribution in [3.8, 4) is 0 Å². The predicted octanol–water partition coefficient (Wildman–Crippen LogP) is 5.53. The molecule has 0 aliphatic carbocycles. The highest BCUT2D eigenvalue weighted by Crippen LogP contribution is 2.13. The average molecular weight is 307 g/mol. The van der Waals surface area contributed by atoms with Gasteiger partial charge in [-0.15, -0.1) is 0 Å². The second-order valence-corrected chi connectivity index (χ2v) is 5.53. The maximum Gasteiger partial charge on any atom is 0.146 e. The van der Waals surface area contributed by atoms with Crippen LogP contribution in [-0.4, -0.2) is 11.2 Å². The number of hydrazone groups is 1. The molecule has 0 spiro atoms. The van der Waals surface area contributed by atoms with Crippen LogP contribution in [-0.2, 0) is 0 Å². The van der Waals surface area contributed by atoms with Crippen molar-refractivity contribution in [3.05, 3.63) is 65.9 Å². The molecular formula is C20H25N3. The van der Waals surface area contributed by atoms with Crippen LogP contribution in [0.3, 0.4) is 0 Å². The first kappa shape index (κ1) is 16.9. The van der Waals surface area contributed by atoms with Crippen LogP contribution in [0, 0.1) is 0 Å². The van der Waals surface area contributed by atoms with E-state index in [1.165, 1.54) is 36.8 Å². The van der Waals surface area contributed by atoms with Crippen LogP contribution in [0.5, 0.6) is 0 Å². The lowest BCUT2D eigenvalue weighted by atomic mass is 10.0. The molecular weight excluding hydrogens is 282 g/mol. The minimum atomic E-state index is 0.758. The van der Waals surface area contributed by atoms with Crippen LogP contribution in [0.4, 0.5) is 5.82 Å². The van der Waals surface area contributed by atoms with E-state index < -0.39 is 0 Å². The van der Waals surface area contributed by atoms with Gasteiger partial charge < -0.3 is 0 Å². The summed E-state index contributed by atoms with van der Waals surface area (Å²) >= 11 is 0. The molecule has 1 aromatic carbocycles. The first-order chi connectivity index (χ1) is 11.4. The molecule has 2 aromatic rings. The molecule has 3 nitrogen and oxygen atoms in total. The van der Waals surface area contributed by atoms with Gasteiger partial charge in [0.05, 0.1) is 6.21 Å². The number of pyridine rings is 1. The lowest BCUT2D eigenvalue weighted by molar-refractivity contribution is 0.671. The van der Waals surface area contributed by atoms with Crippen LogP contribution >= 0.6 is 0 Å². The van der Waals surface area contributed by atoms with Crippen molar-refractivity contribution in [3.63, 3.8) is 0 Å². The van der Waals surface area contributed by atoms with Gasteiger partial charge in [0.2, 0.25) is 0 Å². The predicted molar refractivity (Wildman–Crippen MR) is 99.5 cm³/mol. The Balaban J connectivity index is 1.99.